The third kappa shape index (κ3) is 3.96. The number of hydrogen-bond acceptors (Lipinski definition) is 5. The SMILES string of the molecule is C[C@H]1CN(C)CCN1CC1CCN(S(=O)(=O)c2cccnc2)CC1. The smallest absolute Gasteiger partial charge is 0.244 e. The number of hydrogen-bond donors (Lipinski definition) is 0. The molecule has 3 heterocycles. The molecule has 6 nitrogen and oxygen atoms in total. The van der Waals surface area contributed by atoms with Crippen LogP contribution in [0.3, 0.4) is 0 Å². The molecule has 2 aliphatic rings. The van der Waals surface area contributed by atoms with Gasteiger partial charge in [0.1, 0.15) is 4.90 Å². The van der Waals surface area contributed by atoms with Crippen LogP contribution in [0, 0.1) is 5.92 Å². The van der Waals surface area contributed by atoms with E-state index in [2.05, 4.69) is 28.8 Å². The lowest BCUT2D eigenvalue weighted by Gasteiger charge is -2.41. The van der Waals surface area contributed by atoms with E-state index in [1.165, 1.54) is 6.20 Å². The van der Waals surface area contributed by atoms with E-state index in [9.17, 15) is 8.42 Å². The van der Waals surface area contributed by atoms with Crippen LogP contribution in [-0.2, 0) is 10.0 Å². The van der Waals surface area contributed by atoms with Crippen LogP contribution in [0.4, 0.5) is 0 Å². The molecule has 3 rings (SSSR count). The maximum absolute atomic E-state index is 12.6. The zero-order valence-corrected chi connectivity index (χ0v) is 15.5. The van der Waals surface area contributed by atoms with E-state index in [0.29, 0.717) is 29.9 Å². The first kappa shape index (κ1) is 17.8. The Morgan fingerprint density at radius 3 is 2.58 bits per heavy atom. The molecular formula is C17H28N4O2S. The molecule has 0 aliphatic carbocycles. The van der Waals surface area contributed by atoms with E-state index in [-0.39, 0.29) is 0 Å². The van der Waals surface area contributed by atoms with Crippen LogP contribution in [-0.4, -0.2) is 79.9 Å². The fourth-order valence-electron chi connectivity index (χ4n) is 3.76. The molecule has 0 spiro atoms. The first-order valence-electron chi connectivity index (χ1n) is 8.79. The molecule has 2 fully saturated rings. The average Bonchev–Trinajstić information content (AvgIpc) is 2.59. The molecule has 0 radical (unpaired) electrons. The Hall–Kier alpha value is -1.02. The summed E-state index contributed by atoms with van der Waals surface area (Å²) in [6.45, 7) is 7.97. The van der Waals surface area contributed by atoms with E-state index < -0.39 is 10.0 Å². The van der Waals surface area contributed by atoms with Crippen molar-refractivity contribution < 1.29 is 8.42 Å². The molecule has 0 unspecified atom stereocenters. The van der Waals surface area contributed by atoms with Gasteiger partial charge in [0.15, 0.2) is 0 Å². The number of piperazine rings is 1. The molecule has 7 heteroatoms. The molecule has 0 aromatic carbocycles. The van der Waals surface area contributed by atoms with E-state index >= 15 is 0 Å². The molecular weight excluding hydrogens is 324 g/mol. The largest absolute Gasteiger partial charge is 0.304 e. The first-order chi connectivity index (χ1) is 11.5. The predicted molar refractivity (Wildman–Crippen MR) is 94.3 cm³/mol. The van der Waals surface area contributed by atoms with Crippen molar-refractivity contribution in [2.75, 3.05) is 46.3 Å². The highest BCUT2D eigenvalue weighted by atomic mass is 32.2. The summed E-state index contributed by atoms with van der Waals surface area (Å²) in [4.78, 5) is 9.18. The molecule has 0 amide bonds. The molecule has 1 atom stereocenters. The molecule has 1 aromatic rings. The highest BCUT2D eigenvalue weighted by Gasteiger charge is 2.31. The topological polar surface area (TPSA) is 56.8 Å². The molecule has 1 aromatic heterocycles. The fourth-order valence-corrected chi connectivity index (χ4v) is 5.20. The lowest BCUT2D eigenvalue weighted by molar-refractivity contribution is 0.0750. The van der Waals surface area contributed by atoms with Crippen LogP contribution in [0.5, 0.6) is 0 Å². The summed E-state index contributed by atoms with van der Waals surface area (Å²) < 4.78 is 26.9. The van der Waals surface area contributed by atoms with Gasteiger partial charge in [0.05, 0.1) is 0 Å². The minimum Gasteiger partial charge on any atom is -0.304 e. The number of aromatic nitrogens is 1. The minimum atomic E-state index is -3.39. The van der Waals surface area contributed by atoms with Crippen molar-refractivity contribution >= 4 is 10.0 Å². The fraction of sp³-hybridized carbons (Fsp3) is 0.706. The van der Waals surface area contributed by atoms with Gasteiger partial charge >= 0.3 is 0 Å². The maximum Gasteiger partial charge on any atom is 0.244 e. The standard InChI is InChI=1S/C17H28N4O2S/c1-15-13-19(2)10-11-20(15)14-16-5-8-21(9-6-16)24(22,23)17-4-3-7-18-12-17/h3-4,7,12,15-16H,5-6,8-11,13-14H2,1-2H3/t15-/m0/s1. The monoisotopic (exact) mass is 352 g/mol. The molecule has 24 heavy (non-hydrogen) atoms. The Labute approximate surface area is 145 Å². The van der Waals surface area contributed by atoms with Crippen molar-refractivity contribution in [2.24, 2.45) is 5.92 Å². The predicted octanol–water partition coefficient (Wildman–Crippen LogP) is 1.12. The van der Waals surface area contributed by atoms with Crippen molar-refractivity contribution in [3.63, 3.8) is 0 Å². The normalized spacial score (nSPS) is 25.8. The Morgan fingerprint density at radius 1 is 1.21 bits per heavy atom. The van der Waals surface area contributed by atoms with Crippen molar-refractivity contribution in [2.45, 2.75) is 30.7 Å². The number of likely N-dealkylation sites (N-methyl/N-ethyl adjacent to an activating group) is 1. The molecule has 2 aliphatic heterocycles. The van der Waals surface area contributed by atoms with Crippen molar-refractivity contribution in [1.29, 1.82) is 0 Å². The lowest BCUT2D eigenvalue weighted by Crippen LogP contribution is -2.52. The van der Waals surface area contributed by atoms with Crippen LogP contribution in [0.15, 0.2) is 29.4 Å². The third-order valence-corrected chi connectivity index (χ3v) is 7.19. The number of nitrogens with zero attached hydrogens (tertiary/aromatic N) is 4. The zero-order valence-electron chi connectivity index (χ0n) is 14.6. The second-order valence-corrected chi connectivity index (χ2v) is 9.08. The van der Waals surface area contributed by atoms with E-state index in [0.717, 1.165) is 39.0 Å². The van der Waals surface area contributed by atoms with E-state index in [1.54, 1.807) is 22.6 Å². The molecule has 134 valence electrons. The minimum absolute atomic E-state index is 0.302. The van der Waals surface area contributed by atoms with Crippen molar-refractivity contribution in [3.05, 3.63) is 24.5 Å². The Kier molecular flexibility index (Phi) is 5.54. The summed E-state index contributed by atoms with van der Waals surface area (Å²) >= 11 is 0. The summed E-state index contributed by atoms with van der Waals surface area (Å²) in [5, 5.41) is 0. The number of sulfonamides is 1. The summed E-state index contributed by atoms with van der Waals surface area (Å²) in [6, 6.07) is 3.88. The number of pyridine rings is 1. The number of rotatable bonds is 4. The van der Waals surface area contributed by atoms with Gasteiger partial charge in [0.2, 0.25) is 10.0 Å². The van der Waals surface area contributed by atoms with Gasteiger partial charge in [-0.25, -0.2) is 8.42 Å². The van der Waals surface area contributed by atoms with E-state index in [4.69, 9.17) is 0 Å². The van der Waals surface area contributed by atoms with Crippen LogP contribution >= 0.6 is 0 Å². The van der Waals surface area contributed by atoms with Crippen molar-refractivity contribution in [3.8, 4) is 0 Å². The van der Waals surface area contributed by atoms with Gasteiger partial charge in [0.25, 0.3) is 0 Å². The van der Waals surface area contributed by atoms with E-state index in [1.807, 2.05) is 0 Å². The van der Waals surface area contributed by atoms with Crippen LogP contribution < -0.4 is 0 Å². The second-order valence-electron chi connectivity index (χ2n) is 7.14. The second kappa shape index (κ2) is 7.47. The highest BCUT2D eigenvalue weighted by molar-refractivity contribution is 7.89. The first-order valence-corrected chi connectivity index (χ1v) is 10.2. The summed E-state index contributed by atoms with van der Waals surface area (Å²) in [5.74, 6) is 0.594. The van der Waals surface area contributed by atoms with Gasteiger partial charge in [-0.3, -0.25) is 9.88 Å². The molecule has 0 saturated carbocycles. The summed E-state index contributed by atoms with van der Waals surface area (Å²) in [5.41, 5.74) is 0. The van der Waals surface area contributed by atoms with Crippen LogP contribution in [0.1, 0.15) is 19.8 Å². The van der Waals surface area contributed by atoms with Gasteiger partial charge in [-0.05, 0) is 44.9 Å². The van der Waals surface area contributed by atoms with Crippen LogP contribution in [0.25, 0.3) is 0 Å². The zero-order chi connectivity index (χ0) is 17.2. The Morgan fingerprint density at radius 2 is 1.96 bits per heavy atom. The van der Waals surface area contributed by atoms with Gasteiger partial charge in [-0.2, -0.15) is 4.31 Å². The molecule has 2 saturated heterocycles. The Bertz CT molecular complexity index is 629. The van der Waals surface area contributed by atoms with Gasteiger partial charge in [0, 0.05) is 57.7 Å². The van der Waals surface area contributed by atoms with Gasteiger partial charge < -0.3 is 4.90 Å². The quantitative estimate of drug-likeness (QED) is 0.813. The lowest BCUT2D eigenvalue weighted by atomic mass is 9.96. The number of piperidine rings is 1. The van der Waals surface area contributed by atoms with Crippen LogP contribution in [0.2, 0.25) is 0 Å². The Balaban J connectivity index is 1.54. The highest BCUT2D eigenvalue weighted by Crippen LogP contribution is 2.25. The maximum atomic E-state index is 12.6. The summed E-state index contributed by atoms with van der Waals surface area (Å²) in [6.07, 6.45) is 4.92. The third-order valence-electron chi connectivity index (χ3n) is 5.31. The summed E-state index contributed by atoms with van der Waals surface area (Å²) in [7, 11) is -1.21. The molecule has 0 N–H and O–H groups in total. The van der Waals surface area contributed by atoms with Gasteiger partial charge in [-0.15, -0.1) is 0 Å². The van der Waals surface area contributed by atoms with Crippen molar-refractivity contribution in [1.82, 2.24) is 19.1 Å². The molecule has 0 bridgehead atoms. The average molecular weight is 353 g/mol. The van der Waals surface area contributed by atoms with Gasteiger partial charge in [-0.1, -0.05) is 0 Å².